The summed E-state index contributed by atoms with van der Waals surface area (Å²) in [7, 11) is 0. The standard InChI is InChI=1S/C16H14F2N6/c17-13-4-5-14(18)16-12(13)6-7-24(16)9-11-3-1-2-10(19-11)8-15-20-22-23-21-15/h1-5H,6-9H2,(H,20,21,22,23). The number of tetrazole rings is 1. The molecular weight excluding hydrogens is 314 g/mol. The normalized spacial score (nSPS) is 13.3. The summed E-state index contributed by atoms with van der Waals surface area (Å²) in [4.78, 5) is 6.38. The fraction of sp³-hybridized carbons (Fsp3) is 0.250. The molecule has 3 heterocycles. The number of nitrogens with one attached hydrogen (secondary N) is 1. The van der Waals surface area contributed by atoms with E-state index in [0.29, 0.717) is 43.0 Å². The number of halogens is 2. The molecule has 0 amide bonds. The van der Waals surface area contributed by atoms with Crippen molar-refractivity contribution in [1.29, 1.82) is 0 Å². The Hall–Kier alpha value is -2.90. The number of nitrogens with zero attached hydrogens (tertiary/aromatic N) is 5. The number of H-pyrrole nitrogens is 1. The van der Waals surface area contributed by atoms with Gasteiger partial charge in [-0.15, -0.1) is 10.2 Å². The molecule has 24 heavy (non-hydrogen) atoms. The van der Waals surface area contributed by atoms with Gasteiger partial charge in [0.25, 0.3) is 0 Å². The maximum Gasteiger partial charge on any atom is 0.180 e. The number of pyridine rings is 1. The lowest BCUT2D eigenvalue weighted by atomic mass is 10.1. The molecule has 122 valence electrons. The summed E-state index contributed by atoms with van der Waals surface area (Å²) in [6, 6.07) is 7.98. The van der Waals surface area contributed by atoms with E-state index in [1.807, 2.05) is 23.1 Å². The van der Waals surface area contributed by atoms with Crippen molar-refractivity contribution >= 4 is 5.69 Å². The van der Waals surface area contributed by atoms with Gasteiger partial charge in [-0.3, -0.25) is 4.98 Å². The third kappa shape index (κ3) is 2.70. The van der Waals surface area contributed by atoms with E-state index in [-0.39, 0.29) is 5.82 Å². The fourth-order valence-corrected chi connectivity index (χ4v) is 3.01. The lowest BCUT2D eigenvalue weighted by Crippen LogP contribution is -2.21. The molecule has 0 saturated carbocycles. The van der Waals surface area contributed by atoms with Gasteiger partial charge in [0.05, 0.1) is 24.3 Å². The van der Waals surface area contributed by atoms with E-state index in [9.17, 15) is 8.78 Å². The lowest BCUT2D eigenvalue weighted by Gasteiger charge is -2.19. The zero-order valence-electron chi connectivity index (χ0n) is 12.7. The number of fused-ring (bicyclic) bond motifs is 1. The van der Waals surface area contributed by atoms with Crippen molar-refractivity contribution in [1.82, 2.24) is 25.6 Å². The number of anilines is 1. The third-order valence-corrected chi connectivity index (χ3v) is 4.07. The Bertz CT molecular complexity index is 865. The molecule has 8 heteroatoms. The molecule has 0 aliphatic carbocycles. The second-order valence-electron chi connectivity index (χ2n) is 5.65. The average Bonchev–Trinajstić information content (AvgIpc) is 3.22. The van der Waals surface area contributed by atoms with E-state index in [2.05, 4.69) is 25.6 Å². The van der Waals surface area contributed by atoms with E-state index in [1.165, 1.54) is 12.1 Å². The summed E-state index contributed by atoms with van der Waals surface area (Å²) in [5, 5.41) is 13.7. The van der Waals surface area contributed by atoms with Gasteiger partial charge in [0.1, 0.15) is 11.6 Å². The van der Waals surface area contributed by atoms with E-state index in [4.69, 9.17) is 0 Å². The highest BCUT2D eigenvalue weighted by molar-refractivity contribution is 5.59. The molecule has 1 N–H and O–H groups in total. The van der Waals surface area contributed by atoms with Crippen LogP contribution in [0.2, 0.25) is 0 Å². The Kier molecular flexibility index (Phi) is 3.64. The summed E-state index contributed by atoms with van der Waals surface area (Å²) in [5.41, 5.74) is 2.37. The van der Waals surface area contributed by atoms with Gasteiger partial charge in [0.2, 0.25) is 0 Å². The van der Waals surface area contributed by atoms with Crippen LogP contribution in [0, 0.1) is 11.6 Å². The summed E-state index contributed by atoms with van der Waals surface area (Å²) in [6.45, 7) is 0.997. The zero-order chi connectivity index (χ0) is 16.5. The van der Waals surface area contributed by atoms with Crippen LogP contribution in [0.3, 0.4) is 0 Å². The Morgan fingerprint density at radius 3 is 2.75 bits per heavy atom. The van der Waals surface area contributed by atoms with Crippen LogP contribution in [0.1, 0.15) is 22.8 Å². The quantitative estimate of drug-likeness (QED) is 0.793. The molecule has 0 saturated heterocycles. The van der Waals surface area contributed by atoms with Gasteiger partial charge in [-0.05, 0) is 30.7 Å². The SMILES string of the molecule is Fc1ccc(F)c2c1CCN2Cc1cccc(Cc2nn[nH]n2)n1. The van der Waals surface area contributed by atoms with Crippen molar-refractivity contribution in [2.24, 2.45) is 0 Å². The molecule has 0 unspecified atom stereocenters. The molecule has 6 nitrogen and oxygen atoms in total. The molecule has 4 rings (SSSR count). The molecular formula is C16H14F2N6. The highest BCUT2D eigenvalue weighted by Gasteiger charge is 2.26. The first-order valence-electron chi connectivity index (χ1n) is 7.59. The number of hydrogen-bond acceptors (Lipinski definition) is 5. The second kappa shape index (κ2) is 5.95. The van der Waals surface area contributed by atoms with Crippen molar-refractivity contribution in [3.8, 4) is 0 Å². The molecule has 0 spiro atoms. The molecule has 3 aromatic rings. The molecule has 1 aliphatic heterocycles. The van der Waals surface area contributed by atoms with Crippen LogP contribution in [-0.4, -0.2) is 32.2 Å². The van der Waals surface area contributed by atoms with Crippen molar-refractivity contribution < 1.29 is 8.78 Å². The first-order chi connectivity index (χ1) is 11.7. The van der Waals surface area contributed by atoms with Crippen molar-refractivity contribution in [2.45, 2.75) is 19.4 Å². The number of aromatic amines is 1. The van der Waals surface area contributed by atoms with Crippen molar-refractivity contribution in [3.05, 3.63) is 64.7 Å². The minimum Gasteiger partial charge on any atom is -0.363 e. The molecule has 1 aromatic carbocycles. The zero-order valence-corrected chi connectivity index (χ0v) is 12.7. The van der Waals surface area contributed by atoms with Crippen molar-refractivity contribution in [3.63, 3.8) is 0 Å². The highest BCUT2D eigenvalue weighted by atomic mass is 19.1. The second-order valence-corrected chi connectivity index (χ2v) is 5.65. The lowest BCUT2D eigenvalue weighted by molar-refractivity contribution is 0.593. The smallest absolute Gasteiger partial charge is 0.180 e. The van der Waals surface area contributed by atoms with E-state index >= 15 is 0 Å². The van der Waals surface area contributed by atoms with Crippen LogP contribution in [0.25, 0.3) is 0 Å². The molecule has 0 radical (unpaired) electrons. The van der Waals surface area contributed by atoms with Gasteiger partial charge in [0, 0.05) is 17.8 Å². The van der Waals surface area contributed by atoms with Gasteiger partial charge < -0.3 is 4.90 Å². The first-order valence-corrected chi connectivity index (χ1v) is 7.59. The Balaban J connectivity index is 1.56. The molecule has 0 fully saturated rings. The van der Waals surface area contributed by atoms with Gasteiger partial charge in [-0.2, -0.15) is 5.21 Å². The Morgan fingerprint density at radius 2 is 1.92 bits per heavy atom. The number of rotatable bonds is 4. The van der Waals surface area contributed by atoms with Gasteiger partial charge in [-0.1, -0.05) is 11.3 Å². The largest absolute Gasteiger partial charge is 0.363 e. The van der Waals surface area contributed by atoms with Crippen LogP contribution >= 0.6 is 0 Å². The number of hydrogen-bond donors (Lipinski definition) is 1. The van der Waals surface area contributed by atoms with Gasteiger partial charge in [0.15, 0.2) is 5.82 Å². The van der Waals surface area contributed by atoms with E-state index in [1.54, 1.807) is 0 Å². The van der Waals surface area contributed by atoms with Gasteiger partial charge >= 0.3 is 0 Å². The maximum atomic E-state index is 14.1. The van der Waals surface area contributed by atoms with E-state index < -0.39 is 5.82 Å². The molecule has 1 aliphatic rings. The topological polar surface area (TPSA) is 70.6 Å². The van der Waals surface area contributed by atoms with Crippen LogP contribution in [-0.2, 0) is 19.4 Å². The third-order valence-electron chi connectivity index (χ3n) is 4.07. The van der Waals surface area contributed by atoms with Crippen LogP contribution < -0.4 is 4.90 Å². The maximum absolute atomic E-state index is 14.1. The predicted molar refractivity (Wildman–Crippen MR) is 82.3 cm³/mol. The predicted octanol–water partition coefficient (Wildman–Crippen LogP) is 2.03. The first kappa shape index (κ1) is 14.7. The van der Waals surface area contributed by atoms with Gasteiger partial charge in [-0.25, -0.2) is 8.78 Å². The summed E-state index contributed by atoms with van der Waals surface area (Å²) >= 11 is 0. The monoisotopic (exact) mass is 328 g/mol. The minimum atomic E-state index is -0.396. The number of benzene rings is 1. The van der Waals surface area contributed by atoms with Crippen LogP contribution in [0.4, 0.5) is 14.5 Å². The van der Waals surface area contributed by atoms with Crippen LogP contribution in [0.5, 0.6) is 0 Å². The fourth-order valence-electron chi connectivity index (χ4n) is 3.01. The molecule has 0 atom stereocenters. The van der Waals surface area contributed by atoms with Crippen LogP contribution in [0.15, 0.2) is 30.3 Å². The minimum absolute atomic E-state index is 0.348. The average molecular weight is 328 g/mol. The number of aromatic nitrogens is 5. The van der Waals surface area contributed by atoms with Crippen molar-refractivity contribution in [2.75, 3.05) is 11.4 Å². The van der Waals surface area contributed by atoms with E-state index in [0.717, 1.165) is 11.4 Å². The molecule has 0 bridgehead atoms. The summed E-state index contributed by atoms with van der Waals surface area (Å²) in [6.07, 6.45) is 0.964. The Morgan fingerprint density at radius 1 is 1.08 bits per heavy atom. The highest BCUT2D eigenvalue weighted by Crippen LogP contribution is 2.33. The Labute approximate surface area is 136 Å². The molecule has 2 aromatic heterocycles. The summed E-state index contributed by atoms with van der Waals surface area (Å²) < 4.78 is 27.9. The summed E-state index contributed by atoms with van der Waals surface area (Å²) in [5.74, 6) is -0.196.